The van der Waals surface area contributed by atoms with Crippen LogP contribution in [0.15, 0.2) is 30.3 Å². The van der Waals surface area contributed by atoms with Crippen molar-refractivity contribution in [1.29, 1.82) is 0 Å². The number of hydrogen-bond acceptors (Lipinski definition) is 2. The Balaban J connectivity index is 2.59. The average Bonchev–Trinajstić information content (AvgIpc) is 2.50. The summed E-state index contributed by atoms with van der Waals surface area (Å²) in [5.74, 6) is -0.371. The van der Waals surface area contributed by atoms with Crippen molar-refractivity contribution < 1.29 is 18.3 Å². The number of ether oxygens (including phenoxy) is 2. The summed E-state index contributed by atoms with van der Waals surface area (Å²) in [6, 6.07) is 7.53. The van der Waals surface area contributed by atoms with Gasteiger partial charge in [0.15, 0.2) is 0 Å². The lowest BCUT2D eigenvalue weighted by Crippen LogP contribution is -2.05. The molecule has 1 atom stereocenters. The van der Waals surface area contributed by atoms with Gasteiger partial charge >= 0.3 is 0 Å². The van der Waals surface area contributed by atoms with E-state index >= 15 is 0 Å². The highest BCUT2D eigenvalue weighted by Crippen LogP contribution is 2.39. The summed E-state index contributed by atoms with van der Waals surface area (Å²) < 4.78 is 38.5. The Hall–Kier alpha value is -1.81. The van der Waals surface area contributed by atoms with Gasteiger partial charge in [-0.25, -0.2) is 8.78 Å². The smallest absolute Gasteiger partial charge is 0.134 e. The molecular weight excluding hydrogens is 298 g/mol. The molecule has 0 aliphatic carbocycles. The molecule has 0 spiro atoms. The molecule has 0 radical (unpaired) electrons. The Morgan fingerprint density at radius 3 is 2.38 bits per heavy atom. The van der Waals surface area contributed by atoms with Gasteiger partial charge in [0.05, 0.1) is 19.6 Å². The summed E-state index contributed by atoms with van der Waals surface area (Å²) >= 11 is 6.31. The lowest BCUT2D eigenvalue weighted by atomic mass is 10.00. The van der Waals surface area contributed by atoms with Gasteiger partial charge in [0.1, 0.15) is 23.1 Å². The highest BCUT2D eigenvalue weighted by molar-refractivity contribution is 6.22. The molecule has 0 aliphatic heterocycles. The zero-order valence-corrected chi connectivity index (χ0v) is 12.7. The van der Waals surface area contributed by atoms with E-state index in [2.05, 4.69) is 0 Å². The van der Waals surface area contributed by atoms with Crippen LogP contribution >= 0.6 is 11.6 Å². The normalized spacial score (nSPS) is 12.1. The minimum atomic E-state index is -1.02. The second-order valence-electron chi connectivity index (χ2n) is 4.56. The average molecular weight is 313 g/mol. The Morgan fingerprint density at radius 1 is 1.05 bits per heavy atom. The van der Waals surface area contributed by atoms with Crippen LogP contribution in [0.4, 0.5) is 8.78 Å². The number of methoxy groups -OCH3 is 2. The Bertz CT molecular complexity index is 659. The first-order valence-electron chi connectivity index (χ1n) is 6.30. The van der Waals surface area contributed by atoms with E-state index in [0.717, 1.165) is 0 Å². The van der Waals surface area contributed by atoms with Crippen LogP contribution in [0.3, 0.4) is 0 Å². The quantitative estimate of drug-likeness (QED) is 0.767. The van der Waals surface area contributed by atoms with Crippen molar-refractivity contribution in [2.45, 2.75) is 12.3 Å². The van der Waals surface area contributed by atoms with Crippen LogP contribution in [0.5, 0.6) is 11.5 Å². The van der Waals surface area contributed by atoms with Crippen LogP contribution in [0, 0.1) is 18.6 Å². The lowest BCUT2D eigenvalue weighted by Gasteiger charge is -2.17. The molecule has 0 saturated heterocycles. The fourth-order valence-electron chi connectivity index (χ4n) is 2.10. The topological polar surface area (TPSA) is 18.5 Å². The van der Waals surface area contributed by atoms with Crippen molar-refractivity contribution in [2.24, 2.45) is 0 Å². The monoisotopic (exact) mass is 312 g/mol. The third kappa shape index (κ3) is 2.95. The molecule has 5 heteroatoms. The van der Waals surface area contributed by atoms with Crippen LogP contribution in [0.25, 0.3) is 0 Å². The van der Waals surface area contributed by atoms with Crippen LogP contribution in [0.2, 0.25) is 0 Å². The van der Waals surface area contributed by atoms with E-state index in [0.29, 0.717) is 22.6 Å². The van der Waals surface area contributed by atoms with Crippen molar-refractivity contribution in [1.82, 2.24) is 0 Å². The summed E-state index contributed by atoms with van der Waals surface area (Å²) in [5.41, 5.74) is 0.587. The molecule has 2 nitrogen and oxygen atoms in total. The zero-order valence-electron chi connectivity index (χ0n) is 11.9. The van der Waals surface area contributed by atoms with E-state index in [1.54, 1.807) is 25.1 Å². The van der Waals surface area contributed by atoms with E-state index in [-0.39, 0.29) is 5.56 Å². The van der Waals surface area contributed by atoms with Gasteiger partial charge in [-0.05, 0) is 36.8 Å². The molecule has 2 rings (SSSR count). The van der Waals surface area contributed by atoms with E-state index in [1.165, 1.54) is 26.4 Å². The fraction of sp³-hybridized carbons (Fsp3) is 0.250. The number of aryl methyl sites for hydroxylation is 1. The maximum Gasteiger partial charge on any atom is 0.134 e. The van der Waals surface area contributed by atoms with Gasteiger partial charge in [0.2, 0.25) is 0 Å². The first-order chi connectivity index (χ1) is 9.99. The number of hydrogen-bond donors (Lipinski definition) is 0. The molecule has 0 saturated carbocycles. The van der Waals surface area contributed by atoms with Crippen LogP contribution in [-0.4, -0.2) is 14.2 Å². The molecule has 2 aromatic rings. The van der Waals surface area contributed by atoms with Crippen molar-refractivity contribution in [3.63, 3.8) is 0 Å². The number of halogens is 3. The zero-order chi connectivity index (χ0) is 15.6. The van der Waals surface area contributed by atoms with Crippen LogP contribution in [-0.2, 0) is 0 Å². The summed E-state index contributed by atoms with van der Waals surface area (Å²) in [5, 5.41) is -1.02. The van der Waals surface area contributed by atoms with Gasteiger partial charge in [-0.15, -0.1) is 11.6 Å². The molecule has 1 unspecified atom stereocenters. The molecule has 0 N–H and O–H groups in total. The minimum absolute atomic E-state index is 0.191. The molecular formula is C16H15ClF2O2. The molecule has 0 aliphatic rings. The van der Waals surface area contributed by atoms with Gasteiger partial charge < -0.3 is 9.47 Å². The molecule has 0 amide bonds. The van der Waals surface area contributed by atoms with E-state index in [4.69, 9.17) is 21.1 Å². The van der Waals surface area contributed by atoms with Gasteiger partial charge in [0.25, 0.3) is 0 Å². The van der Waals surface area contributed by atoms with E-state index in [9.17, 15) is 8.78 Å². The number of rotatable bonds is 4. The second kappa shape index (κ2) is 6.31. The molecule has 0 bridgehead atoms. The molecule has 2 aromatic carbocycles. The Labute approximate surface area is 127 Å². The van der Waals surface area contributed by atoms with E-state index < -0.39 is 17.0 Å². The van der Waals surface area contributed by atoms with Crippen LogP contribution < -0.4 is 9.47 Å². The number of benzene rings is 2. The van der Waals surface area contributed by atoms with Crippen molar-refractivity contribution in [2.75, 3.05) is 14.2 Å². The summed E-state index contributed by atoms with van der Waals surface area (Å²) in [6.07, 6.45) is 0. The molecule has 0 heterocycles. The molecule has 0 aromatic heterocycles. The molecule has 21 heavy (non-hydrogen) atoms. The highest BCUT2D eigenvalue weighted by Gasteiger charge is 2.24. The maximum absolute atomic E-state index is 14.2. The third-order valence-electron chi connectivity index (χ3n) is 3.28. The Morgan fingerprint density at radius 2 is 1.76 bits per heavy atom. The summed E-state index contributed by atoms with van der Waals surface area (Å²) in [7, 11) is 2.97. The number of alkyl halides is 1. The third-order valence-corrected chi connectivity index (χ3v) is 3.74. The predicted molar refractivity (Wildman–Crippen MR) is 78.3 cm³/mol. The molecule has 0 fully saturated rings. The van der Waals surface area contributed by atoms with Gasteiger partial charge in [0, 0.05) is 11.1 Å². The minimum Gasteiger partial charge on any atom is -0.497 e. The molecule has 112 valence electrons. The first kappa shape index (κ1) is 15.6. The van der Waals surface area contributed by atoms with Crippen molar-refractivity contribution in [3.05, 3.63) is 58.7 Å². The maximum atomic E-state index is 14.2. The SMILES string of the molecule is COc1ccc(OC)c(C(Cl)c2c(F)ccc(C)c2F)c1. The van der Waals surface area contributed by atoms with Crippen molar-refractivity contribution >= 4 is 11.6 Å². The van der Waals surface area contributed by atoms with Crippen LogP contribution in [0.1, 0.15) is 22.1 Å². The summed E-state index contributed by atoms with van der Waals surface area (Å²) in [6.45, 7) is 1.56. The van der Waals surface area contributed by atoms with E-state index in [1.807, 2.05) is 0 Å². The van der Waals surface area contributed by atoms with Gasteiger partial charge in [-0.2, -0.15) is 0 Å². The first-order valence-corrected chi connectivity index (χ1v) is 6.73. The largest absolute Gasteiger partial charge is 0.497 e. The van der Waals surface area contributed by atoms with Crippen molar-refractivity contribution in [3.8, 4) is 11.5 Å². The Kier molecular flexibility index (Phi) is 4.68. The standard InChI is InChI=1S/C16H15ClF2O2/c1-9-4-6-12(18)14(16(9)19)15(17)11-8-10(20-2)5-7-13(11)21-3/h4-8,15H,1-3H3. The second-order valence-corrected chi connectivity index (χ2v) is 5.00. The highest BCUT2D eigenvalue weighted by atomic mass is 35.5. The lowest BCUT2D eigenvalue weighted by molar-refractivity contribution is 0.398. The summed E-state index contributed by atoms with van der Waals surface area (Å²) in [4.78, 5) is 0. The van der Waals surface area contributed by atoms with Gasteiger partial charge in [-0.3, -0.25) is 0 Å². The predicted octanol–water partition coefficient (Wildman–Crippen LogP) is 4.62. The fourth-order valence-corrected chi connectivity index (χ4v) is 2.47. The van der Waals surface area contributed by atoms with Gasteiger partial charge in [-0.1, -0.05) is 6.07 Å².